The minimum Gasteiger partial charge on any atom is -0.324 e. The minimum atomic E-state index is -0.855. The molecule has 0 atom stereocenters. The van der Waals surface area contributed by atoms with Crippen molar-refractivity contribution in [2.75, 3.05) is 10.6 Å². The van der Waals surface area contributed by atoms with Gasteiger partial charge in [-0.1, -0.05) is 39.0 Å². The Morgan fingerprint density at radius 2 is 1.64 bits per heavy atom. The molecule has 0 aliphatic heterocycles. The van der Waals surface area contributed by atoms with Gasteiger partial charge in [-0.2, -0.15) is 0 Å². The smallest absolute Gasteiger partial charge is 0.258 e. The second-order valence-corrected chi connectivity index (χ2v) is 7.29. The van der Waals surface area contributed by atoms with Gasteiger partial charge >= 0.3 is 0 Å². The van der Waals surface area contributed by atoms with E-state index in [0.29, 0.717) is 12.0 Å². The molecule has 1 heterocycles. The van der Waals surface area contributed by atoms with Crippen LogP contribution in [-0.4, -0.2) is 15.9 Å². The van der Waals surface area contributed by atoms with Crippen molar-refractivity contribution >= 4 is 23.2 Å². The SMILES string of the molecule is CC(C)(C)c1ccccc1Nc1ncc(C(=O)Nc2ccc(F)cc2F)cn1. The van der Waals surface area contributed by atoms with Gasteiger partial charge in [0.25, 0.3) is 5.91 Å². The zero-order chi connectivity index (χ0) is 20.3. The van der Waals surface area contributed by atoms with Crippen LogP contribution in [0.15, 0.2) is 54.9 Å². The highest BCUT2D eigenvalue weighted by molar-refractivity contribution is 6.03. The number of carbonyl (C=O) groups is 1. The van der Waals surface area contributed by atoms with E-state index >= 15 is 0 Å². The largest absolute Gasteiger partial charge is 0.324 e. The molecule has 1 amide bonds. The third-order valence-electron chi connectivity index (χ3n) is 4.07. The van der Waals surface area contributed by atoms with Crippen molar-refractivity contribution in [3.8, 4) is 0 Å². The number of nitrogens with zero attached hydrogens (tertiary/aromatic N) is 2. The van der Waals surface area contributed by atoms with Crippen LogP contribution in [0.2, 0.25) is 0 Å². The van der Waals surface area contributed by atoms with Gasteiger partial charge in [0, 0.05) is 24.1 Å². The first-order valence-electron chi connectivity index (χ1n) is 8.69. The van der Waals surface area contributed by atoms with Crippen LogP contribution in [0.25, 0.3) is 0 Å². The number of aromatic nitrogens is 2. The zero-order valence-corrected chi connectivity index (χ0v) is 15.8. The lowest BCUT2D eigenvalue weighted by molar-refractivity contribution is 0.102. The summed E-state index contributed by atoms with van der Waals surface area (Å²) in [6.45, 7) is 6.32. The van der Waals surface area contributed by atoms with E-state index in [1.165, 1.54) is 12.4 Å². The fraction of sp³-hybridized carbons (Fsp3) is 0.190. The Labute approximate surface area is 161 Å². The van der Waals surface area contributed by atoms with Crippen LogP contribution in [0.1, 0.15) is 36.7 Å². The number of hydrogen-bond acceptors (Lipinski definition) is 4. The molecule has 1 aromatic heterocycles. The van der Waals surface area contributed by atoms with Crippen molar-refractivity contribution < 1.29 is 13.6 Å². The first-order valence-corrected chi connectivity index (χ1v) is 8.69. The van der Waals surface area contributed by atoms with Gasteiger partial charge < -0.3 is 10.6 Å². The number of anilines is 3. The summed E-state index contributed by atoms with van der Waals surface area (Å²) in [7, 11) is 0. The molecule has 0 saturated heterocycles. The van der Waals surface area contributed by atoms with Crippen molar-refractivity contribution in [2.24, 2.45) is 0 Å². The molecule has 0 aliphatic rings. The molecular weight excluding hydrogens is 362 g/mol. The van der Waals surface area contributed by atoms with Crippen LogP contribution >= 0.6 is 0 Å². The van der Waals surface area contributed by atoms with Crippen molar-refractivity contribution in [3.63, 3.8) is 0 Å². The maximum absolute atomic E-state index is 13.7. The van der Waals surface area contributed by atoms with E-state index < -0.39 is 17.5 Å². The topological polar surface area (TPSA) is 66.9 Å². The number of benzene rings is 2. The first kappa shape index (κ1) is 19.4. The molecule has 3 rings (SSSR count). The quantitative estimate of drug-likeness (QED) is 0.663. The van der Waals surface area contributed by atoms with E-state index in [-0.39, 0.29) is 16.7 Å². The van der Waals surface area contributed by atoms with Crippen LogP contribution < -0.4 is 10.6 Å². The van der Waals surface area contributed by atoms with E-state index in [1.54, 1.807) is 0 Å². The average Bonchev–Trinajstić information content (AvgIpc) is 2.64. The average molecular weight is 382 g/mol. The molecule has 0 spiro atoms. The Hall–Kier alpha value is -3.35. The fourth-order valence-corrected chi connectivity index (χ4v) is 2.66. The molecule has 2 aromatic carbocycles. The van der Waals surface area contributed by atoms with E-state index in [2.05, 4.69) is 41.4 Å². The van der Waals surface area contributed by atoms with Gasteiger partial charge in [-0.15, -0.1) is 0 Å². The van der Waals surface area contributed by atoms with Crippen molar-refractivity contribution in [1.29, 1.82) is 0 Å². The number of para-hydroxylation sites is 1. The molecule has 144 valence electrons. The van der Waals surface area contributed by atoms with Gasteiger partial charge in [-0.25, -0.2) is 18.7 Å². The summed E-state index contributed by atoms with van der Waals surface area (Å²) in [6.07, 6.45) is 2.68. The molecule has 2 N–H and O–H groups in total. The lowest BCUT2D eigenvalue weighted by atomic mass is 9.86. The summed E-state index contributed by atoms with van der Waals surface area (Å²) in [5.74, 6) is -1.83. The number of rotatable bonds is 4. The molecule has 0 bridgehead atoms. The second-order valence-electron chi connectivity index (χ2n) is 7.29. The Morgan fingerprint density at radius 1 is 0.964 bits per heavy atom. The van der Waals surface area contributed by atoms with Crippen molar-refractivity contribution in [1.82, 2.24) is 9.97 Å². The van der Waals surface area contributed by atoms with Crippen LogP contribution in [0.5, 0.6) is 0 Å². The Morgan fingerprint density at radius 3 is 2.29 bits per heavy atom. The molecule has 28 heavy (non-hydrogen) atoms. The maximum atomic E-state index is 13.7. The highest BCUT2D eigenvalue weighted by Crippen LogP contribution is 2.30. The third kappa shape index (κ3) is 4.49. The number of carbonyl (C=O) groups excluding carboxylic acids is 1. The zero-order valence-electron chi connectivity index (χ0n) is 15.8. The molecule has 7 heteroatoms. The first-order chi connectivity index (χ1) is 13.2. The van der Waals surface area contributed by atoms with E-state index in [1.807, 2.05) is 24.3 Å². The number of nitrogens with one attached hydrogen (secondary N) is 2. The fourth-order valence-electron chi connectivity index (χ4n) is 2.66. The molecule has 0 saturated carbocycles. The summed E-state index contributed by atoms with van der Waals surface area (Å²) in [4.78, 5) is 20.6. The molecular formula is C21H20F2N4O. The van der Waals surface area contributed by atoms with Gasteiger partial charge in [0.1, 0.15) is 11.6 Å². The molecule has 5 nitrogen and oxygen atoms in total. The summed E-state index contributed by atoms with van der Waals surface area (Å²) in [6, 6.07) is 10.8. The van der Waals surface area contributed by atoms with Crippen LogP contribution in [0.4, 0.5) is 26.1 Å². The standard InChI is InChI=1S/C21H20F2N4O/c1-21(2,3)15-6-4-5-7-17(15)27-20-24-11-13(12-25-20)19(28)26-18-9-8-14(22)10-16(18)23/h4-12H,1-3H3,(H,26,28)(H,24,25,27). The summed E-state index contributed by atoms with van der Waals surface area (Å²) < 4.78 is 26.6. The highest BCUT2D eigenvalue weighted by atomic mass is 19.1. The molecule has 0 radical (unpaired) electrons. The predicted molar refractivity (Wildman–Crippen MR) is 105 cm³/mol. The van der Waals surface area contributed by atoms with E-state index in [9.17, 15) is 13.6 Å². The molecule has 0 aliphatic carbocycles. The lowest BCUT2D eigenvalue weighted by Crippen LogP contribution is -2.15. The van der Waals surface area contributed by atoms with Gasteiger partial charge in [0.15, 0.2) is 0 Å². The highest BCUT2D eigenvalue weighted by Gasteiger charge is 2.18. The van der Waals surface area contributed by atoms with E-state index in [4.69, 9.17) is 0 Å². The van der Waals surface area contributed by atoms with Gasteiger partial charge in [0.2, 0.25) is 5.95 Å². The molecule has 0 unspecified atom stereocenters. The number of halogens is 2. The molecule has 3 aromatic rings. The van der Waals surface area contributed by atoms with Crippen LogP contribution in [0.3, 0.4) is 0 Å². The van der Waals surface area contributed by atoms with Gasteiger partial charge in [-0.05, 0) is 29.2 Å². The summed E-state index contributed by atoms with van der Waals surface area (Å²) in [5.41, 5.74) is 1.95. The third-order valence-corrected chi connectivity index (χ3v) is 4.07. The maximum Gasteiger partial charge on any atom is 0.258 e. The van der Waals surface area contributed by atoms with Gasteiger partial charge in [0.05, 0.1) is 11.3 Å². The lowest BCUT2D eigenvalue weighted by Gasteiger charge is -2.22. The Balaban J connectivity index is 1.74. The summed E-state index contributed by atoms with van der Waals surface area (Å²) >= 11 is 0. The predicted octanol–water partition coefficient (Wildman–Crippen LogP) is 5.05. The van der Waals surface area contributed by atoms with E-state index in [0.717, 1.165) is 23.4 Å². The normalized spacial score (nSPS) is 11.2. The van der Waals surface area contributed by atoms with Crippen LogP contribution in [-0.2, 0) is 5.41 Å². The van der Waals surface area contributed by atoms with Crippen LogP contribution in [0, 0.1) is 11.6 Å². The van der Waals surface area contributed by atoms with Crippen molar-refractivity contribution in [2.45, 2.75) is 26.2 Å². The number of amides is 1. The Bertz CT molecular complexity index is 998. The summed E-state index contributed by atoms with van der Waals surface area (Å²) in [5, 5.41) is 5.53. The monoisotopic (exact) mass is 382 g/mol. The Kier molecular flexibility index (Phi) is 5.35. The second kappa shape index (κ2) is 7.72. The van der Waals surface area contributed by atoms with Gasteiger partial charge in [-0.3, -0.25) is 4.79 Å². The van der Waals surface area contributed by atoms with Crippen molar-refractivity contribution in [3.05, 3.63) is 77.6 Å². The number of hydrogen-bond donors (Lipinski definition) is 2. The molecule has 0 fully saturated rings. The minimum absolute atomic E-state index is 0.0668.